The Balaban J connectivity index is 1.90. The summed E-state index contributed by atoms with van der Waals surface area (Å²) in [7, 11) is 2.23. The summed E-state index contributed by atoms with van der Waals surface area (Å²) >= 11 is 0. The van der Waals surface area contributed by atoms with E-state index in [1.807, 2.05) is 0 Å². The minimum absolute atomic E-state index is 0.673. The van der Waals surface area contributed by atoms with E-state index in [1.165, 1.54) is 51.7 Å². The Labute approximate surface area is 93.6 Å². The number of nitrogens with two attached hydrogens (primary N) is 1. The van der Waals surface area contributed by atoms with E-state index in [0.717, 1.165) is 12.6 Å². The van der Waals surface area contributed by atoms with Crippen molar-refractivity contribution in [2.75, 3.05) is 33.2 Å². The van der Waals surface area contributed by atoms with E-state index in [2.05, 4.69) is 16.8 Å². The molecule has 15 heavy (non-hydrogen) atoms. The van der Waals surface area contributed by atoms with Crippen LogP contribution in [0.15, 0.2) is 0 Å². The maximum Gasteiger partial charge on any atom is 0.0221 e. The van der Waals surface area contributed by atoms with Crippen LogP contribution in [0.1, 0.15) is 32.1 Å². The summed E-state index contributed by atoms with van der Waals surface area (Å²) in [5, 5.41) is 0. The maximum atomic E-state index is 5.88. The molecule has 2 fully saturated rings. The fourth-order valence-electron chi connectivity index (χ4n) is 3.08. The summed E-state index contributed by atoms with van der Waals surface area (Å²) in [5.74, 6) is 0. The molecule has 2 aliphatic rings. The first kappa shape index (κ1) is 11.4. The third-order valence-corrected chi connectivity index (χ3v) is 4.10. The van der Waals surface area contributed by atoms with E-state index >= 15 is 0 Å². The standard InChI is InChI=1S/C12H25N3/c1-14-8-5-11(6-9-14)15-7-3-2-4-12(15)10-13/h11-12H,2-10,13H2,1H3. The highest BCUT2D eigenvalue weighted by atomic mass is 15.2. The van der Waals surface area contributed by atoms with Crippen LogP contribution in [0.5, 0.6) is 0 Å². The van der Waals surface area contributed by atoms with Crippen LogP contribution in [0, 0.1) is 0 Å². The Morgan fingerprint density at radius 1 is 1.07 bits per heavy atom. The van der Waals surface area contributed by atoms with Crippen molar-refractivity contribution in [3.8, 4) is 0 Å². The van der Waals surface area contributed by atoms with Crippen LogP contribution in [0.2, 0.25) is 0 Å². The molecular formula is C12H25N3. The van der Waals surface area contributed by atoms with Crippen LogP contribution < -0.4 is 5.73 Å². The van der Waals surface area contributed by atoms with E-state index < -0.39 is 0 Å². The smallest absolute Gasteiger partial charge is 0.0221 e. The van der Waals surface area contributed by atoms with E-state index in [4.69, 9.17) is 5.73 Å². The van der Waals surface area contributed by atoms with Gasteiger partial charge < -0.3 is 10.6 Å². The quantitative estimate of drug-likeness (QED) is 0.736. The molecule has 0 aromatic heterocycles. The van der Waals surface area contributed by atoms with Gasteiger partial charge in [0.2, 0.25) is 0 Å². The van der Waals surface area contributed by atoms with Crippen molar-refractivity contribution in [1.82, 2.24) is 9.80 Å². The molecule has 0 aromatic carbocycles. The van der Waals surface area contributed by atoms with Gasteiger partial charge in [-0.25, -0.2) is 0 Å². The van der Waals surface area contributed by atoms with Crippen molar-refractivity contribution in [2.24, 2.45) is 5.73 Å². The Hall–Kier alpha value is -0.120. The highest BCUT2D eigenvalue weighted by Gasteiger charge is 2.29. The van der Waals surface area contributed by atoms with E-state index in [-0.39, 0.29) is 0 Å². The molecule has 2 saturated heterocycles. The van der Waals surface area contributed by atoms with Crippen molar-refractivity contribution < 1.29 is 0 Å². The van der Waals surface area contributed by atoms with Gasteiger partial charge in [-0.2, -0.15) is 0 Å². The second kappa shape index (κ2) is 5.28. The molecule has 1 unspecified atom stereocenters. The number of nitrogens with zero attached hydrogens (tertiary/aromatic N) is 2. The summed E-state index contributed by atoms with van der Waals surface area (Å²) < 4.78 is 0. The Morgan fingerprint density at radius 3 is 2.47 bits per heavy atom. The molecule has 0 amide bonds. The molecule has 0 aliphatic carbocycles. The number of hydrogen-bond donors (Lipinski definition) is 1. The fourth-order valence-corrected chi connectivity index (χ4v) is 3.08. The van der Waals surface area contributed by atoms with Crippen LogP contribution in [0.4, 0.5) is 0 Å². The van der Waals surface area contributed by atoms with E-state index in [0.29, 0.717) is 6.04 Å². The van der Waals surface area contributed by atoms with Crippen LogP contribution in [0.25, 0.3) is 0 Å². The second-order valence-corrected chi connectivity index (χ2v) is 5.16. The molecule has 0 radical (unpaired) electrons. The third kappa shape index (κ3) is 2.71. The predicted molar refractivity (Wildman–Crippen MR) is 63.9 cm³/mol. The van der Waals surface area contributed by atoms with Crippen molar-refractivity contribution in [1.29, 1.82) is 0 Å². The molecule has 3 nitrogen and oxygen atoms in total. The lowest BCUT2D eigenvalue weighted by atomic mass is 9.95. The molecule has 0 bridgehead atoms. The van der Waals surface area contributed by atoms with Crippen LogP contribution in [-0.4, -0.2) is 55.1 Å². The maximum absolute atomic E-state index is 5.88. The van der Waals surface area contributed by atoms with Gasteiger partial charge >= 0.3 is 0 Å². The summed E-state index contributed by atoms with van der Waals surface area (Å²) in [6.45, 7) is 4.67. The zero-order valence-electron chi connectivity index (χ0n) is 9.99. The number of piperidine rings is 2. The van der Waals surface area contributed by atoms with Crippen LogP contribution in [0.3, 0.4) is 0 Å². The Kier molecular flexibility index (Phi) is 4.00. The first-order valence-corrected chi connectivity index (χ1v) is 6.45. The van der Waals surface area contributed by atoms with Gasteiger partial charge in [0.15, 0.2) is 0 Å². The highest BCUT2D eigenvalue weighted by molar-refractivity contribution is 4.86. The van der Waals surface area contributed by atoms with Gasteiger partial charge in [0.25, 0.3) is 0 Å². The molecule has 0 spiro atoms. The van der Waals surface area contributed by atoms with Gasteiger partial charge in [0, 0.05) is 18.6 Å². The van der Waals surface area contributed by atoms with Gasteiger partial charge in [0.1, 0.15) is 0 Å². The molecule has 0 saturated carbocycles. The number of likely N-dealkylation sites (tertiary alicyclic amines) is 2. The second-order valence-electron chi connectivity index (χ2n) is 5.16. The molecule has 0 aromatic rings. The zero-order chi connectivity index (χ0) is 10.7. The topological polar surface area (TPSA) is 32.5 Å². The molecule has 2 aliphatic heterocycles. The van der Waals surface area contributed by atoms with Crippen molar-refractivity contribution in [2.45, 2.75) is 44.2 Å². The lowest BCUT2D eigenvalue weighted by molar-refractivity contribution is 0.0597. The van der Waals surface area contributed by atoms with Gasteiger partial charge in [-0.3, -0.25) is 4.90 Å². The average molecular weight is 211 g/mol. The molecule has 3 heteroatoms. The van der Waals surface area contributed by atoms with Gasteiger partial charge in [-0.05, 0) is 52.4 Å². The summed E-state index contributed by atoms with van der Waals surface area (Å²) in [6, 6.07) is 1.49. The molecule has 88 valence electrons. The lowest BCUT2D eigenvalue weighted by Gasteiger charge is -2.43. The first-order valence-electron chi connectivity index (χ1n) is 6.45. The van der Waals surface area contributed by atoms with Crippen molar-refractivity contribution >= 4 is 0 Å². The van der Waals surface area contributed by atoms with Gasteiger partial charge in [0.05, 0.1) is 0 Å². The number of hydrogen-bond acceptors (Lipinski definition) is 3. The minimum atomic E-state index is 0.673. The Morgan fingerprint density at radius 2 is 1.80 bits per heavy atom. The molecule has 1 atom stereocenters. The largest absolute Gasteiger partial charge is 0.329 e. The van der Waals surface area contributed by atoms with Crippen LogP contribution >= 0.6 is 0 Å². The summed E-state index contributed by atoms with van der Waals surface area (Å²) in [6.07, 6.45) is 6.76. The average Bonchev–Trinajstić information content (AvgIpc) is 2.30. The molecule has 2 heterocycles. The van der Waals surface area contributed by atoms with Crippen molar-refractivity contribution in [3.63, 3.8) is 0 Å². The number of rotatable bonds is 2. The highest BCUT2D eigenvalue weighted by Crippen LogP contribution is 2.24. The molecular weight excluding hydrogens is 186 g/mol. The molecule has 2 N–H and O–H groups in total. The predicted octanol–water partition coefficient (Wildman–Crippen LogP) is 0.894. The van der Waals surface area contributed by atoms with Crippen molar-refractivity contribution in [3.05, 3.63) is 0 Å². The zero-order valence-corrected chi connectivity index (χ0v) is 9.99. The summed E-state index contributed by atoms with van der Waals surface area (Å²) in [4.78, 5) is 5.15. The van der Waals surface area contributed by atoms with E-state index in [9.17, 15) is 0 Å². The van der Waals surface area contributed by atoms with Gasteiger partial charge in [-0.1, -0.05) is 6.42 Å². The monoisotopic (exact) mass is 211 g/mol. The van der Waals surface area contributed by atoms with E-state index in [1.54, 1.807) is 0 Å². The third-order valence-electron chi connectivity index (χ3n) is 4.10. The minimum Gasteiger partial charge on any atom is -0.329 e. The molecule has 2 rings (SSSR count). The summed E-state index contributed by atoms with van der Waals surface area (Å²) in [5.41, 5.74) is 5.88. The normalized spacial score (nSPS) is 32.0. The van der Waals surface area contributed by atoms with Crippen LogP contribution in [-0.2, 0) is 0 Å². The fraction of sp³-hybridized carbons (Fsp3) is 1.00. The first-order chi connectivity index (χ1) is 7.31. The SMILES string of the molecule is CN1CCC(N2CCCCC2CN)CC1. The Bertz CT molecular complexity index is 187. The van der Waals surface area contributed by atoms with Gasteiger partial charge in [-0.15, -0.1) is 0 Å². The lowest BCUT2D eigenvalue weighted by Crippen LogP contribution is -2.52.